The first-order valence-electron chi connectivity index (χ1n) is 37.9. The summed E-state index contributed by atoms with van der Waals surface area (Å²) < 4.78 is 28.9. The number of hydrogen-bond acceptors (Lipinski definition) is 6. The minimum absolute atomic E-state index is 0.820. The Labute approximate surface area is 650 Å². The van der Waals surface area contributed by atoms with Gasteiger partial charge in [-0.15, -0.1) is 0 Å². The van der Waals surface area contributed by atoms with Gasteiger partial charge < -0.3 is 37.9 Å². The van der Waals surface area contributed by atoms with Crippen LogP contribution in [0.5, 0.6) is 23.0 Å². The number of aromatic nitrogens is 2. The lowest BCUT2D eigenvalue weighted by molar-refractivity contribution is 0.416. The number of anilines is 6. The number of methoxy groups -OCH3 is 4. The van der Waals surface area contributed by atoms with Crippen LogP contribution in [0.4, 0.5) is 34.1 Å². The number of benzene rings is 18. The molecule has 536 valence electrons. The van der Waals surface area contributed by atoms with Gasteiger partial charge in [0.1, 0.15) is 23.0 Å². The molecule has 18 aromatic carbocycles. The van der Waals surface area contributed by atoms with Crippen LogP contribution in [0.25, 0.3) is 143 Å². The summed E-state index contributed by atoms with van der Waals surface area (Å²) in [6.45, 7) is 0. The Bertz CT molecular complexity index is 6770. The summed E-state index contributed by atoms with van der Waals surface area (Å²) >= 11 is 0. The van der Waals surface area contributed by atoms with Crippen molar-refractivity contribution in [3.63, 3.8) is 0 Å². The van der Waals surface area contributed by atoms with Crippen molar-refractivity contribution in [1.82, 2.24) is 9.13 Å². The zero-order chi connectivity index (χ0) is 75.2. The highest BCUT2D eigenvalue weighted by atomic mass is 16.5. The Balaban J connectivity index is 0.000000151. The first-order chi connectivity index (χ1) is 55.5. The van der Waals surface area contributed by atoms with Crippen molar-refractivity contribution in [2.24, 2.45) is 0 Å². The molecular weight excluding hydrogens is 1370 g/mol. The zero-order valence-electron chi connectivity index (χ0n) is 62.4. The van der Waals surface area contributed by atoms with E-state index in [9.17, 15) is 0 Å². The predicted octanol–water partition coefficient (Wildman–Crippen LogP) is 27.8. The molecule has 0 amide bonds. The van der Waals surface area contributed by atoms with Crippen LogP contribution in [0.3, 0.4) is 0 Å². The maximum Gasteiger partial charge on any atom is 0.126 e. The van der Waals surface area contributed by atoms with Gasteiger partial charge in [0.25, 0.3) is 0 Å². The lowest BCUT2D eigenvalue weighted by Crippen LogP contribution is -2.11. The van der Waals surface area contributed by atoms with Crippen molar-refractivity contribution < 1.29 is 18.9 Å². The summed E-state index contributed by atoms with van der Waals surface area (Å²) in [6, 6.07) is 138. The molecule has 0 fully saturated rings. The van der Waals surface area contributed by atoms with E-state index in [-0.39, 0.29) is 0 Å². The van der Waals surface area contributed by atoms with Crippen LogP contribution in [0, 0.1) is 0 Å². The van der Waals surface area contributed by atoms with Gasteiger partial charge in [0, 0.05) is 111 Å². The Morgan fingerprint density at radius 1 is 0.196 bits per heavy atom. The highest BCUT2D eigenvalue weighted by Crippen LogP contribution is 2.54. The standard InChI is InChI=1S/2C52H38N2O2/c1-55-48-29-14-10-23-42(48)50-40-21-6-7-22-41(40)51(43-24-11-15-30-49(43)56-2)52-44(50)25-16-28-47(52)53(35-17-4-3-5-18-35)36-31-33-37(34-32-36)54-45-26-12-8-19-38(45)39-20-9-13-27-46(39)54;1-55-49-26-14-10-22-44(49)51-41-20-6-7-21-42(41)52(45-23-11-15-27-50(45)56-2)46-34-38(32-33-43(46)51)53(35-16-4-3-5-17-35)36-28-30-37(31-29-36)54-47-24-12-8-18-39(47)40-19-9-13-25-48(40)54/h2*3-34H,1-2H3. The third-order valence-corrected chi connectivity index (χ3v) is 22.0. The molecule has 0 aliphatic heterocycles. The molecule has 0 N–H and O–H groups in total. The molecular formula is C104H76N4O4. The summed E-state index contributed by atoms with van der Waals surface area (Å²) in [5, 5.41) is 14.1. The van der Waals surface area contributed by atoms with Crippen molar-refractivity contribution in [3.05, 3.63) is 388 Å². The maximum absolute atomic E-state index is 6.09. The normalized spacial score (nSPS) is 11.4. The lowest BCUT2D eigenvalue weighted by Gasteiger charge is -2.29. The predicted molar refractivity (Wildman–Crippen MR) is 469 cm³/mol. The van der Waals surface area contributed by atoms with Crippen LogP contribution in [0.15, 0.2) is 388 Å². The minimum Gasteiger partial charge on any atom is -0.496 e. The van der Waals surface area contributed by atoms with Gasteiger partial charge in [-0.2, -0.15) is 0 Å². The molecule has 0 atom stereocenters. The van der Waals surface area contributed by atoms with Crippen LogP contribution in [0.2, 0.25) is 0 Å². The molecule has 0 saturated carbocycles. The monoisotopic (exact) mass is 1440 g/mol. The molecule has 0 unspecified atom stereocenters. The van der Waals surface area contributed by atoms with Crippen molar-refractivity contribution in [1.29, 1.82) is 0 Å². The number of para-hydroxylation sites is 10. The Kier molecular flexibility index (Phi) is 17.7. The van der Waals surface area contributed by atoms with E-state index in [1.165, 1.54) is 43.6 Å². The molecule has 8 heteroatoms. The Morgan fingerprint density at radius 3 is 0.875 bits per heavy atom. The SMILES string of the molecule is COc1ccccc1-c1c2ccccc2c(-c2ccccc2OC)c2c(N(c3ccccc3)c3ccc(-n4c5ccccc5c5ccccc54)cc3)cccc12.COc1ccccc1-c1c2ccccc2c(-c2ccccc2OC)c2cc(N(c3ccccc3)c3ccc(-n4c5ccccc5c5ccccc54)cc3)ccc12. The van der Waals surface area contributed by atoms with Gasteiger partial charge in [0.2, 0.25) is 0 Å². The fourth-order valence-electron chi connectivity index (χ4n) is 17.2. The van der Waals surface area contributed by atoms with Gasteiger partial charge >= 0.3 is 0 Å². The molecule has 0 aliphatic rings. The third-order valence-electron chi connectivity index (χ3n) is 22.0. The van der Waals surface area contributed by atoms with Gasteiger partial charge in [0.05, 0.1) is 56.2 Å². The van der Waals surface area contributed by atoms with E-state index in [4.69, 9.17) is 18.9 Å². The molecule has 0 bridgehead atoms. The largest absolute Gasteiger partial charge is 0.496 e. The molecule has 0 saturated heterocycles. The molecule has 20 rings (SSSR count). The van der Waals surface area contributed by atoms with Gasteiger partial charge in [-0.1, -0.05) is 249 Å². The molecule has 112 heavy (non-hydrogen) atoms. The summed E-state index contributed by atoms with van der Waals surface area (Å²) in [6.07, 6.45) is 0. The van der Waals surface area contributed by atoms with Crippen LogP contribution in [-0.4, -0.2) is 37.6 Å². The fraction of sp³-hybridized carbons (Fsp3) is 0.0385. The third kappa shape index (κ3) is 11.6. The Morgan fingerprint density at radius 2 is 0.473 bits per heavy atom. The molecule has 8 nitrogen and oxygen atoms in total. The van der Waals surface area contributed by atoms with Crippen molar-refractivity contribution in [3.8, 4) is 78.9 Å². The smallest absolute Gasteiger partial charge is 0.126 e. The van der Waals surface area contributed by atoms with Crippen LogP contribution in [-0.2, 0) is 0 Å². The first-order valence-corrected chi connectivity index (χ1v) is 37.9. The van der Waals surface area contributed by atoms with E-state index in [2.05, 4.69) is 365 Å². The summed E-state index contributed by atoms with van der Waals surface area (Å²) in [5.41, 5.74) is 22.0. The highest BCUT2D eigenvalue weighted by Gasteiger charge is 2.28. The number of hydrogen-bond donors (Lipinski definition) is 0. The zero-order valence-corrected chi connectivity index (χ0v) is 62.4. The maximum atomic E-state index is 6.09. The second kappa shape index (κ2) is 29.2. The van der Waals surface area contributed by atoms with Gasteiger partial charge in [-0.3, -0.25) is 0 Å². The summed E-state index contributed by atoms with van der Waals surface area (Å²) in [4.78, 5) is 4.73. The average molecular weight is 1450 g/mol. The number of fused-ring (bicyclic) bond motifs is 10. The van der Waals surface area contributed by atoms with Crippen molar-refractivity contribution in [2.45, 2.75) is 0 Å². The number of rotatable bonds is 16. The second-order valence-electron chi connectivity index (χ2n) is 27.9. The molecule has 0 spiro atoms. The minimum atomic E-state index is 0.820. The Hall–Kier alpha value is -14.6. The van der Waals surface area contributed by atoms with E-state index < -0.39 is 0 Å². The average Bonchev–Trinajstić information content (AvgIpc) is 1.09. The summed E-state index contributed by atoms with van der Waals surface area (Å²) in [5.74, 6) is 3.31. The first kappa shape index (κ1) is 68.0. The van der Waals surface area contributed by atoms with Crippen molar-refractivity contribution >= 4 is 121 Å². The van der Waals surface area contributed by atoms with Gasteiger partial charge in [0.15, 0.2) is 0 Å². The van der Waals surface area contributed by atoms with Gasteiger partial charge in [-0.25, -0.2) is 0 Å². The topological polar surface area (TPSA) is 53.3 Å². The highest BCUT2D eigenvalue weighted by molar-refractivity contribution is 6.27. The molecule has 20 aromatic rings. The number of nitrogens with zero attached hydrogens (tertiary/aromatic N) is 4. The quantitative estimate of drug-likeness (QED) is 0.0899. The van der Waals surface area contributed by atoms with Crippen LogP contribution in [0.1, 0.15) is 0 Å². The molecule has 2 heterocycles. The van der Waals surface area contributed by atoms with Crippen molar-refractivity contribution in [2.75, 3.05) is 38.2 Å². The van der Waals surface area contributed by atoms with E-state index in [0.29, 0.717) is 0 Å². The van der Waals surface area contributed by atoms with E-state index >= 15 is 0 Å². The number of ether oxygens (including phenoxy) is 4. The summed E-state index contributed by atoms with van der Waals surface area (Å²) in [7, 11) is 6.99. The lowest BCUT2D eigenvalue weighted by atomic mass is 9.84. The molecule has 0 radical (unpaired) electrons. The van der Waals surface area contributed by atoms with E-state index in [1.54, 1.807) is 28.4 Å². The molecule has 2 aromatic heterocycles. The second-order valence-corrected chi connectivity index (χ2v) is 27.9. The van der Waals surface area contributed by atoms with E-state index in [0.717, 1.165) is 156 Å². The fourth-order valence-corrected chi connectivity index (χ4v) is 17.2. The van der Waals surface area contributed by atoms with Gasteiger partial charge in [-0.05, 0) is 177 Å². The van der Waals surface area contributed by atoms with E-state index in [1.807, 2.05) is 42.5 Å². The molecule has 0 aliphatic carbocycles. The van der Waals surface area contributed by atoms with Crippen LogP contribution < -0.4 is 28.7 Å². The van der Waals surface area contributed by atoms with Crippen LogP contribution >= 0.6 is 0 Å².